The molecule has 0 aliphatic heterocycles. The Morgan fingerprint density at radius 1 is 0.838 bits per heavy atom. The number of rotatable bonds is 11. The van der Waals surface area contributed by atoms with E-state index in [1.807, 2.05) is 51.1 Å². The van der Waals surface area contributed by atoms with Crippen molar-refractivity contribution < 1.29 is 18.0 Å². The minimum Gasteiger partial charge on any atom is -0.354 e. The molecule has 1 unspecified atom stereocenters. The maximum Gasteiger partial charge on any atom is 0.264 e. The zero-order valence-corrected chi connectivity index (χ0v) is 22.6. The molecule has 3 rings (SSSR count). The lowest BCUT2D eigenvalue weighted by molar-refractivity contribution is -0.139. The molecular formula is C29H35N3O4S. The number of sulfonamides is 1. The molecule has 3 aromatic rings. The monoisotopic (exact) mass is 521 g/mol. The first-order chi connectivity index (χ1) is 17.6. The van der Waals surface area contributed by atoms with Gasteiger partial charge in [-0.2, -0.15) is 0 Å². The lowest BCUT2D eigenvalue weighted by Gasteiger charge is -2.32. The van der Waals surface area contributed by atoms with Crippen molar-refractivity contribution in [1.82, 2.24) is 10.2 Å². The Morgan fingerprint density at radius 2 is 1.41 bits per heavy atom. The topological polar surface area (TPSA) is 86.8 Å². The highest BCUT2D eigenvalue weighted by Crippen LogP contribution is 2.25. The van der Waals surface area contributed by atoms with Crippen LogP contribution in [0, 0.1) is 12.8 Å². The summed E-state index contributed by atoms with van der Waals surface area (Å²) in [6.07, 6.45) is 0. The smallest absolute Gasteiger partial charge is 0.264 e. The summed E-state index contributed by atoms with van der Waals surface area (Å²) in [6, 6.07) is 23.5. The maximum atomic E-state index is 13.8. The molecule has 3 aromatic carbocycles. The number of nitrogens with one attached hydrogen (secondary N) is 1. The fourth-order valence-electron chi connectivity index (χ4n) is 3.77. The number of hydrogen-bond donors (Lipinski definition) is 1. The van der Waals surface area contributed by atoms with Crippen molar-refractivity contribution in [2.45, 2.75) is 45.2 Å². The van der Waals surface area contributed by atoms with Crippen molar-refractivity contribution in [3.63, 3.8) is 0 Å². The molecule has 0 bridgehead atoms. The van der Waals surface area contributed by atoms with Crippen LogP contribution >= 0.6 is 0 Å². The second kappa shape index (κ2) is 12.5. The average molecular weight is 522 g/mol. The Hall–Kier alpha value is -3.65. The summed E-state index contributed by atoms with van der Waals surface area (Å²) in [5, 5.41) is 2.89. The van der Waals surface area contributed by atoms with Gasteiger partial charge in [-0.1, -0.05) is 80.1 Å². The Labute approximate surface area is 220 Å². The van der Waals surface area contributed by atoms with Gasteiger partial charge in [0, 0.05) is 13.1 Å². The molecule has 1 atom stereocenters. The van der Waals surface area contributed by atoms with Crippen molar-refractivity contribution in [3.8, 4) is 0 Å². The van der Waals surface area contributed by atoms with Gasteiger partial charge in [0.1, 0.15) is 12.6 Å². The van der Waals surface area contributed by atoms with Gasteiger partial charge >= 0.3 is 0 Å². The van der Waals surface area contributed by atoms with E-state index in [2.05, 4.69) is 5.32 Å². The first-order valence-electron chi connectivity index (χ1n) is 12.3. The highest BCUT2D eigenvalue weighted by atomic mass is 32.2. The zero-order valence-electron chi connectivity index (χ0n) is 21.8. The standard InChI is InChI=1S/C29H35N3O4S/c1-22(2)19-30-29(34)24(4)31(20-25-11-7-5-8-12-25)28(33)21-32(26-17-15-23(3)16-18-26)37(35,36)27-13-9-6-10-14-27/h5-18,22,24H,19-21H2,1-4H3,(H,30,34). The van der Waals surface area contributed by atoms with Gasteiger partial charge in [0.25, 0.3) is 10.0 Å². The SMILES string of the molecule is Cc1ccc(N(CC(=O)N(Cc2ccccc2)C(C)C(=O)NCC(C)C)S(=O)(=O)c2ccccc2)cc1. The Balaban J connectivity index is 1.97. The van der Waals surface area contributed by atoms with Gasteiger partial charge in [-0.05, 0) is 49.6 Å². The number of aryl methyl sites for hydroxylation is 1. The summed E-state index contributed by atoms with van der Waals surface area (Å²) in [7, 11) is -4.05. The minimum atomic E-state index is -4.05. The molecule has 0 saturated heterocycles. The molecule has 7 nitrogen and oxygen atoms in total. The summed E-state index contributed by atoms with van der Waals surface area (Å²) < 4.78 is 28.5. The Morgan fingerprint density at radius 3 is 1.97 bits per heavy atom. The molecule has 0 saturated carbocycles. The third-order valence-electron chi connectivity index (χ3n) is 5.98. The van der Waals surface area contributed by atoms with Crippen molar-refractivity contribution in [2.24, 2.45) is 5.92 Å². The summed E-state index contributed by atoms with van der Waals surface area (Å²) in [5.41, 5.74) is 2.18. The van der Waals surface area contributed by atoms with Crippen LogP contribution in [0.5, 0.6) is 0 Å². The van der Waals surface area contributed by atoms with Crippen molar-refractivity contribution in [1.29, 1.82) is 0 Å². The maximum absolute atomic E-state index is 13.8. The van der Waals surface area contributed by atoms with Crippen LogP contribution < -0.4 is 9.62 Å². The molecule has 0 aliphatic rings. The van der Waals surface area contributed by atoms with E-state index >= 15 is 0 Å². The normalized spacial score (nSPS) is 12.1. The molecular weight excluding hydrogens is 486 g/mol. The van der Waals surface area contributed by atoms with E-state index in [4.69, 9.17) is 0 Å². The van der Waals surface area contributed by atoms with Gasteiger partial charge in [0.15, 0.2) is 0 Å². The summed E-state index contributed by atoms with van der Waals surface area (Å²) >= 11 is 0. The second-order valence-electron chi connectivity index (χ2n) is 9.48. The Kier molecular flexibility index (Phi) is 9.47. The van der Waals surface area contributed by atoms with Gasteiger partial charge in [-0.25, -0.2) is 8.42 Å². The summed E-state index contributed by atoms with van der Waals surface area (Å²) in [5.74, 6) is -0.510. The zero-order chi connectivity index (χ0) is 27.0. The van der Waals surface area contributed by atoms with Gasteiger partial charge in [-0.3, -0.25) is 13.9 Å². The highest BCUT2D eigenvalue weighted by Gasteiger charge is 2.32. The fraction of sp³-hybridized carbons (Fsp3) is 0.310. The first kappa shape index (κ1) is 27.9. The number of carbonyl (C=O) groups is 2. The summed E-state index contributed by atoms with van der Waals surface area (Å²) in [4.78, 5) is 28.3. The first-order valence-corrected chi connectivity index (χ1v) is 13.8. The number of hydrogen-bond acceptors (Lipinski definition) is 4. The van der Waals surface area contributed by atoms with Crippen molar-refractivity contribution in [3.05, 3.63) is 96.1 Å². The predicted octanol–water partition coefficient (Wildman–Crippen LogP) is 4.38. The van der Waals surface area contributed by atoms with Crippen LogP contribution in [-0.4, -0.2) is 44.3 Å². The third-order valence-corrected chi connectivity index (χ3v) is 7.77. The molecule has 1 N–H and O–H groups in total. The molecule has 0 aliphatic carbocycles. The van der Waals surface area contributed by atoms with E-state index in [1.165, 1.54) is 17.0 Å². The predicted molar refractivity (Wildman–Crippen MR) is 146 cm³/mol. The van der Waals surface area contributed by atoms with Crippen molar-refractivity contribution in [2.75, 3.05) is 17.4 Å². The van der Waals surface area contributed by atoms with E-state index in [0.717, 1.165) is 15.4 Å². The molecule has 0 fully saturated rings. The molecule has 2 amide bonds. The van der Waals surface area contributed by atoms with E-state index < -0.39 is 28.5 Å². The van der Waals surface area contributed by atoms with Crippen LogP contribution in [0.1, 0.15) is 31.9 Å². The average Bonchev–Trinajstić information content (AvgIpc) is 2.90. The third kappa shape index (κ3) is 7.43. The van der Waals surface area contributed by atoms with E-state index in [1.54, 1.807) is 49.4 Å². The molecule has 0 heterocycles. The van der Waals surface area contributed by atoms with Gasteiger partial charge in [0.05, 0.1) is 10.6 Å². The lowest BCUT2D eigenvalue weighted by atomic mass is 10.1. The quantitative estimate of drug-likeness (QED) is 0.406. The second-order valence-corrected chi connectivity index (χ2v) is 11.3. The molecule has 0 aromatic heterocycles. The van der Waals surface area contributed by atoms with Crippen LogP contribution in [0.25, 0.3) is 0 Å². The van der Waals surface area contributed by atoms with Crippen LogP contribution in [0.15, 0.2) is 89.8 Å². The number of anilines is 1. The van der Waals surface area contributed by atoms with E-state index in [9.17, 15) is 18.0 Å². The number of nitrogens with zero attached hydrogens (tertiary/aromatic N) is 2. The van der Waals surface area contributed by atoms with Crippen molar-refractivity contribution >= 4 is 27.5 Å². The van der Waals surface area contributed by atoms with Crippen LogP contribution in [0.4, 0.5) is 5.69 Å². The number of benzene rings is 3. The molecule has 37 heavy (non-hydrogen) atoms. The molecule has 0 radical (unpaired) electrons. The molecule has 0 spiro atoms. The van der Waals surface area contributed by atoms with Crippen LogP contribution in [0.2, 0.25) is 0 Å². The number of amides is 2. The van der Waals surface area contributed by atoms with Gasteiger partial charge in [0.2, 0.25) is 11.8 Å². The largest absolute Gasteiger partial charge is 0.354 e. The van der Waals surface area contributed by atoms with Gasteiger partial charge in [-0.15, -0.1) is 0 Å². The van der Waals surface area contributed by atoms with Gasteiger partial charge < -0.3 is 10.2 Å². The van der Waals surface area contributed by atoms with E-state index in [0.29, 0.717) is 12.2 Å². The summed E-state index contributed by atoms with van der Waals surface area (Å²) in [6.45, 7) is 7.76. The number of carbonyl (C=O) groups excluding carboxylic acids is 2. The lowest BCUT2D eigenvalue weighted by Crippen LogP contribution is -2.51. The fourth-order valence-corrected chi connectivity index (χ4v) is 5.21. The van der Waals surface area contributed by atoms with Crippen LogP contribution in [0.3, 0.4) is 0 Å². The minimum absolute atomic E-state index is 0.0840. The highest BCUT2D eigenvalue weighted by molar-refractivity contribution is 7.92. The molecule has 196 valence electrons. The Bertz CT molecular complexity index is 1280. The van der Waals surface area contributed by atoms with Crippen LogP contribution in [-0.2, 0) is 26.2 Å². The van der Waals surface area contributed by atoms with E-state index in [-0.39, 0.29) is 23.3 Å². The molecule has 8 heteroatoms.